The number of rotatable bonds is 4. The van der Waals surface area contributed by atoms with Crippen LogP contribution in [0.2, 0.25) is 0 Å². The van der Waals surface area contributed by atoms with Gasteiger partial charge in [0.2, 0.25) is 23.5 Å². The summed E-state index contributed by atoms with van der Waals surface area (Å²) < 4.78 is 5.27. The Bertz CT molecular complexity index is 910. The predicted octanol–water partition coefficient (Wildman–Crippen LogP) is 2.16. The van der Waals surface area contributed by atoms with Crippen molar-refractivity contribution in [3.63, 3.8) is 0 Å². The summed E-state index contributed by atoms with van der Waals surface area (Å²) in [6.45, 7) is 9.87. The Labute approximate surface area is 182 Å². The third-order valence-corrected chi connectivity index (χ3v) is 6.15. The maximum atomic E-state index is 12.9. The zero-order chi connectivity index (χ0) is 22.0. The maximum Gasteiger partial charge on any atom is 0.229 e. The van der Waals surface area contributed by atoms with E-state index in [-0.39, 0.29) is 23.7 Å². The zero-order valence-electron chi connectivity index (χ0n) is 18.5. The van der Waals surface area contributed by atoms with E-state index in [1.807, 2.05) is 35.8 Å². The second kappa shape index (κ2) is 9.03. The Morgan fingerprint density at radius 2 is 1.74 bits per heavy atom. The number of likely N-dealkylation sites (tertiary alicyclic amines) is 1. The van der Waals surface area contributed by atoms with Crippen LogP contribution in [-0.2, 0) is 9.59 Å². The van der Waals surface area contributed by atoms with Gasteiger partial charge in [-0.3, -0.25) is 9.59 Å². The van der Waals surface area contributed by atoms with Gasteiger partial charge in [0.15, 0.2) is 0 Å². The Hall–Kier alpha value is -2.97. The number of pyridine rings is 1. The standard InChI is InChI=1S/C22H30N6O3/c1-15(2)21-24-20(25-31-21)18-4-5-19(23-14-18)27-10-12-28(13-11-27)22(30)17-6-8-26(9-7-17)16(3)29/h4-5,14-15,17H,6-13H2,1-3H3. The lowest BCUT2D eigenvalue weighted by Gasteiger charge is -2.38. The Morgan fingerprint density at radius 1 is 1.03 bits per heavy atom. The zero-order valence-corrected chi connectivity index (χ0v) is 18.5. The molecule has 2 aromatic heterocycles. The van der Waals surface area contributed by atoms with Crippen molar-refractivity contribution >= 4 is 17.6 Å². The molecule has 2 fully saturated rings. The quantitative estimate of drug-likeness (QED) is 0.739. The van der Waals surface area contributed by atoms with Gasteiger partial charge < -0.3 is 19.2 Å². The van der Waals surface area contributed by atoms with Crippen LogP contribution in [0.3, 0.4) is 0 Å². The molecule has 0 saturated carbocycles. The first-order valence-corrected chi connectivity index (χ1v) is 11.0. The number of nitrogens with zero attached hydrogens (tertiary/aromatic N) is 6. The SMILES string of the molecule is CC(=O)N1CCC(C(=O)N2CCN(c3ccc(-c4noc(C(C)C)n4)cn3)CC2)CC1. The lowest BCUT2D eigenvalue weighted by atomic mass is 9.95. The van der Waals surface area contributed by atoms with E-state index in [1.54, 1.807) is 13.1 Å². The van der Waals surface area contributed by atoms with Crippen LogP contribution >= 0.6 is 0 Å². The number of hydrogen-bond donors (Lipinski definition) is 0. The lowest BCUT2D eigenvalue weighted by molar-refractivity contribution is -0.140. The molecular weight excluding hydrogens is 396 g/mol. The highest BCUT2D eigenvalue weighted by atomic mass is 16.5. The van der Waals surface area contributed by atoms with E-state index >= 15 is 0 Å². The second-order valence-electron chi connectivity index (χ2n) is 8.61. The molecule has 0 bridgehead atoms. The molecule has 0 N–H and O–H groups in total. The largest absolute Gasteiger partial charge is 0.353 e. The van der Waals surface area contributed by atoms with Crippen LogP contribution in [0.25, 0.3) is 11.4 Å². The summed E-state index contributed by atoms with van der Waals surface area (Å²) in [5, 5.41) is 4.03. The number of carbonyl (C=O) groups excluding carboxylic acids is 2. The molecule has 0 atom stereocenters. The van der Waals surface area contributed by atoms with Gasteiger partial charge in [-0.05, 0) is 25.0 Å². The van der Waals surface area contributed by atoms with Crippen LogP contribution in [0, 0.1) is 5.92 Å². The van der Waals surface area contributed by atoms with Crippen molar-refractivity contribution in [3.05, 3.63) is 24.2 Å². The first kappa shape index (κ1) is 21.3. The van der Waals surface area contributed by atoms with Gasteiger partial charge >= 0.3 is 0 Å². The molecule has 0 aromatic carbocycles. The smallest absolute Gasteiger partial charge is 0.229 e. The number of piperidine rings is 1. The molecule has 2 aliphatic heterocycles. The summed E-state index contributed by atoms with van der Waals surface area (Å²) in [6.07, 6.45) is 3.29. The lowest BCUT2D eigenvalue weighted by Crippen LogP contribution is -2.52. The van der Waals surface area contributed by atoms with Crippen molar-refractivity contribution < 1.29 is 14.1 Å². The van der Waals surface area contributed by atoms with Crippen LogP contribution < -0.4 is 4.90 Å². The first-order valence-electron chi connectivity index (χ1n) is 11.0. The minimum absolute atomic E-state index is 0.0326. The molecule has 0 aliphatic carbocycles. The molecule has 0 radical (unpaired) electrons. The summed E-state index contributed by atoms with van der Waals surface area (Å²) in [5.74, 6) is 2.60. The molecule has 31 heavy (non-hydrogen) atoms. The summed E-state index contributed by atoms with van der Waals surface area (Å²) in [5.41, 5.74) is 0.824. The van der Waals surface area contributed by atoms with Crippen molar-refractivity contribution in [2.45, 2.75) is 39.5 Å². The number of piperazine rings is 1. The van der Waals surface area contributed by atoms with Gasteiger partial charge in [-0.25, -0.2) is 4.98 Å². The van der Waals surface area contributed by atoms with Crippen LogP contribution in [-0.4, -0.2) is 76.0 Å². The van der Waals surface area contributed by atoms with Crippen molar-refractivity contribution in [2.24, 2.45) is 5.92 Å². The summed E-state index contributed by atoms with van der Waals surface area (Å²) in [4.78, 5) is 39.4. The van der Waals surface area contributed by atoms with Gasteiger partial charge in [-0.2, -0.15) is 4.98 Å². The van der Waals surface area contributed by atoms with Gasteiger partial charge in [-0.1, -0.05) is 19.0 Å². The summed E-state index contributed by atoms with van der Waals surface area (Å²) in [7, 11) is 0. The second-order valence-corrected chi connectivity index (χ2v) is 8.61. The maximum absolute atomic E-state index is 12.9. The Morgan fingerprint density at radius 3 is 2.29 bits per heavy atom. The Balaban J connectivity index is 1.30. The molecule has 2 amide bonds. The average Bonchev–Trinajstić information content (AvgIpc) is 3.30. The van der Waals surface area contributed by atoms with Gasteiger partial charge in [0.25, 0.3) is 0 Å². The van der Waals surface area contributed by atoms with E-state index in [4.69, 9.17) is 4.52 Å². The van der Waals surface area contributed by atoms with Gasteiger partial charge in [0, 0.05) is 69.8 Å². The molecule has 2 saturated heterocycles. The van der Waals surface area contributed by atoms with E-state index in [2.05, 4.69) is 20.0 Å². The van der Waals surface area contributed by atoms with E-state index in [9.17, 15) is 9.59 Å². The molecule has 9 heteroatoms. The van der Waals surface area contributed by atoms with Crippen LogP contribution in [0.4, 0.5) is 5.82 Å². The summed E-state index contributed by atoms with van der Waals surface area (Å²) >= 11 is 0. The number of anilines is 1. The Kier molecular flexibility index (Phi) is 6.20. The minimum atomic E-state index is 0.0326. The molecule has 9 nitrogen and oxygen atoms in total. The molecule has 0 unspecified atom stereocenters. The molecule has 4 heterocycles. The van der Waals surface area contributed by atoms with Crippen molar-refractivity contribution in [2.75, 3.05) is 44.2 Å². The highest BCUT2D eigenvalue weighted by Gasteiger charge is 2.31. The third-order valence-electron chi connectivity index (χ3n) is 6.15. The number of carbonyl (C=O) groups is 2. The van der Waals surface area contributed by atoms with E-state index < -0.39 is 0 Å². The topological polar surface area (TPSA) is 95.7 Å². The van der Waals surface area contributed by atoms with E-state index in [1.165, 1.54) is 0 Å². The minimum Gasteiger partial charge on any atom is -0.353 e. The fraction of sp³-hybridized carbons (Fsp3) is 0.591. The molecular formula is C22H30N6O3. The fourth-order valence-electron chi connectivity index (χ4n) is 4.15. The summed E-state index contributed by atoms with van der Waals surface area (Å²) in [6, 6.07) is 3.92. The highest BCUT2D eigenvalue weighted by Crippen LogP contribution is 2.23. The average molecular weight is 427 g/mol. The monoisotopic (exact) mass is 426 g/mol. The van der Waals surface area contributed by atoms with Crippen molar-refractivity contribution in [1.29, 1.82) is 0 Å². The highest BCUT2D eigenvalue weighted by molar-refractivity contribution is 5.80. The van der Waals surface area contributed by atoms with Crippen molar-refractivity contribution in [1.82, 2.24) is 24.9 Å². The normalized spacial score (nSPS) is 18.0. The van der Waals surface area contributed by atoms with Crippen LogP contribution in [0.15, 0.2) is 22.9 Å². The molecule has 166 valence electrons. The molecule has 4 rings (SSSR count). The van der Waals surface area contributed by atoms with Crippen LogP contribution in [0.5, 0.6) is 0 Å². The third kappa shape index (κ3) is 4.70. The number of amides is 2. The van der Waals surface area contributed by atoms with Gasteiger partial charge in [0.1, 0.15) is 5.82 Å². The molecule has 0 spiro atoms. The van der Waals surface area contributed by atoms with Crippen LogP contribution in [0.1, 0.15) is 45.4 Å². The van der Waals surface area contributed by atoms with E-state index in [0.717, 1.165) is 37.3 Å². The van der Waals surface area contributed by atoms with Gasteiger partial charge in [-0.15, -0.1) is 0 Å². The number of hydrogen-bond acceptors (Lipinski definition) is 7. The van der Waals surface area contributed by atoms with Gasteiger partial charge in [0.05, 0.1) is 0 Å². The van der Waals surface area contributed by atoms with Crippen molar-refractivity contribution in [3.8, 4) is 11.4 Å². The fourth-order valence-corrected chi connectivity index (χ4v) is 4.15. The molecule has 2 aliphatic rings. The number of aromatic nitrogens is 3. The van der Waals surface area contributed by atoms with E-state index in [0.29, 0.717) is 37.9 Å². The molecule has 2 aromatic rings. The first-order chi connectivity index (χ1) is 14.9. The predicted molar refractivity (Wildman–Crippen MR) is 115 cm³/mol.